The first-order valence-corrected chi connectivity index (χ1v) is 11.6. The zero-order chi connectivity index (χ0) is 21.3. The zero-order valence-corrected chi connectivity index (χ0v) is 18.8. The van der Waals surface area contributed by atoms with Crippen LogP contribution in [0.1, 0.15) is 110 Å². The molecule has 0 aromatic rings. The van der Waals surface area contributed by atoms with E-state index in [1.165, 1.54) is 128 Å². The molecular formula is C23H47N5. The molecule has 1 aliphatic rings. The smallest absolute Gasteiger partial charge is 0.173 e. The van der Waals surface area contributed by atoms with Crippen LogP contribution in [0.2, 0.25) is 0 Å². The maximum atomic E-state index is 7.10. The number of rotatable bonds is 15. The second kappa shape index (κ2) is 25.5. The van der Waals surface area contributed by atoms with Gasteiger partial charge in [-0.3, -0.25) is 0 Å². The van der Waals surface area contributed by atoms with E-state index in [1.807, 2.05) is 0 Å². The molecule has 0 saturated carbocycles. The Morgan fingerprint density at radius 2 is 1.11 bits per heavy atom. The summed E-state index contributed by atoms with van der Waals surface area (Å²) in [5.74, 6) is 0.951. The third kappa shape index (κ3) is 24.5. The molecule has 1 atom stereocenters. The molecule has 0 radical (unpaired) electrons. The molecule has 0 aromatic carbocycles. The maximum absolute atomic E-state index is 7.10. The van der Waals surface area contributed by atoms with Crippen molar-refractivity contribution >= 4 is 0 Å². The topological polar surface area (TPSA) is 103 Å². The van der Waals surface area contributed by atoms with Crippen molar-refractivity contribution < 1.29 is 0 Å². The van der Waals surface area contributed by atoms with Crippen LogP contribution >= 0.6 is 0 Å². The van der Waals surface area contributed by atoms with Crippen molar-refractivity contribution in [3.8, 4) is 12.4 Å². The summed E-state index contributed by atoms with van der Waals surface area (Å²) in [4.78, 5) is 2.67. The summed E-state index contributed by atoms with van der Waals surface area (Å²) in [7, 11) is 0. The molecule has 0 bridgehead atoms. The second-order valence-corrected chi connectivity index (χ2v) is 8.05. The Morgan fingerprint density at radius 3 is 1.43 bits per heavy atom. The van der Waals surface area contributed by atoms with Gasteiger partial charge in [0.05, 0.1) is 0 Å². The lowest BCUT2D eigenvalue weighted by atomic mass is 10.0. The molecule has 1 aliphatic heterocycles. The molecule has 0 aliphatic carbocycles. The van der Waals surface area contributed by atoms with Gasteiger partial charge >= 0.3 is 0 Å². The van der Waals surface area contributed by atoms with Crippen molar-refractivity contribution in [3.63, 3.8) is 0 Å². The molecule has 1 heterocycles. The van der Waals surface area contributed by atoms with Crippen LogP contribution in [-0.2, 0) is 0 Å². The number of hydrogen-bond donors (Lipinski definition) is 2. The Hall–Kier alpha value is -1.46. The fourth-order valence-corrected chi connectivity index (χ4v) is 3.76. The summed E-state index contributed by atoms with van der Waals surface area (Å²) >= 11 is 0. The van der Waals surface area contributed by atoms with Gasteiger partial charge in [-0.25, -0.2) is 0 Å². The number of nitrogens with two attached hydrogens (primary N) is 2. The number of likely N-dealkylation sites (tertiary alicyclic amines) is 1. The minimum Gasteiger partial charge on any atom is -0.337 e. The SMILES string of the molecule is CCCCCCCCCCCCCCCCN1CCC(C)C1.N#CN.N#CN. The highest BCUT2D eigenvalue weighted by molar-refractivity contribution is 4.71. The van der Waals surface area contributed by atoms with Crippen molar-refractivity contribution in [2.75, 3.05) is 19.6 Å². The van der Waals surface area contributed by atoms with Gasteiger partial charge in [-0.1, -0.05) is 97.3 Å². The number of unbranched alkanes of at least 4 members (excludes halogenated alkanes) is 13. The lowest BCUT2D eigenvalue weighted by Crippen LogP contribution is -2.21. The van der Waals surface area contributed by atoms with Gasteiger partial charge in [0.1, 0.15) is 0 Å². The highest BCUT2D eigenvalue weighted by atomic mass is 15.1. The molecule has 0 spiro atoms. The molecule has 164 valence electrons. The van der Waals surface area contributed by atoms with Crippen LogP contribution in [0.3, 0.4) is 0 Å². The van der Waals surface area contributed by atoms with Gasteiger partial charge in [0, 0.05) is 6.54 Å². The Morgan fingerprint density at radius 1 is 0.750 bits per heavy atom. The first-order valence-electron chi connectivity index (χ1n) is 11.6. The van der Waals surface area contributed by atoms with Gasteiger partial charge < -0.3 is 16.4 Å². The van der Waals surface area contributed by atoms with E-state index in [0.717, 1.165) is 5.92 Å². The van der Waals surface area contributed by atoms with E-state index in [4.69, 9.17) is 10.5 Å². The molecule has 4 N–H and O–H groups in total. The molecule has 28 heavy (non-hydrogen) atoms. The van der Waals surface area contributed by atoms with Gasteiger partial charge in [0.15, 0.2) is 12.4 Å². The van der Waals surface area contributed by atoms with E-state index in [2.05, 4.69) is 30.2 Å². The second-order valence-electron chi connectivity index (χ2n) is 8.05. The van der Waals surface area contributed by atoms with Crippen LogP contribution in [0.5, 0.6) is 0 Å². The first-order chi connectivity index (χ1) is 13.7. The molecule has 5 heteroatoms. The molecule has 0 aromatic heterocycles. The number of nitrogens with zero attached hydrogens (tertiary/aromatic N) is 3. The monoisotopic (exact) mass is 393 g/mol. The number of nitriles is 2. The van der Waals surface area contributed by atoms with E-state index in [-0.39, 0.29) is 0 Å². The van der Waals surface area contributed by atoms with Crippen LogP contribution < -0.4 is 11.5 Å². The van der Waals surface area contributed by atoms with E-state index >= 15 is 0 Å². The summed E-state index contributed by atoms with van der Waals surface area (Å²) in [5.41, 5.74) is 8.31. The zero-order valence-electron chi connectivity index (χ0n) is 18.8. The van der Waals surface area contributed by atoms with E-state index in [1.54, 1.807) is 0 Å². The van der Waals surface area contributed by atoms with Crippen molar-refractivity contribution in [3.05, 3.63) is 0 Å². The van der Waals surface area contributed by atoms with Crippen LogP contribution in [-0.4, -0.2) is 24.5 Å². The van der Waals surface area contributed by atoms with Crippen LogP contribution in [0, 0.1) is 28.8 Å². The summed E-state index contributed by atoms with van der Waals surface area (Å²) in [6.45, 7) is 8.78. The van der Waals surface area contributed by atoms with Crippen LogP contribution in [0.4, 0.5) is 0 Å². The Labute approximate surface area is 175 Å². The normalized spacial score (nSPS) is 15.5. The average Bonchev–Trinajstić information content (AvgIpc) is 3.08. The van der Waals surface area contributed by atoms with Gasteiger partial charge in [-0.15, -0.1) is 0 Å². The number of hydrogen-bond acceptors (Lipinski definition) is 5. The van der Waals surface area contributed by atoms with Crippen molar-refractivity contribution in [1.82, 2.24) is 4.90 Å². The molecular weight excluding hydrogens is 346 g/mol. The van der Waals surface area contributed by atoms with Crippen LogP contribution in [0.15, 0.2) is 0 Å². The quantitative estimate of drug-likeness (QED) is 0.212. The average molecular weight is 394 g/mol. The van der Waals surface area contributed by atoms with E-state index in [0.29, 0.717) is 0 Å². The summed E-state index contributed by atoms with van der Waals surface area (Å²) in [6.07, 6.45) is 24.4. The van der Waals surface area contributed by atoms with Crippen molar-refractivity contribution in [2.45, 2.75) is 110 Å². The summed E-state index contributed by atoms with van der Waals surface area (Å²) < 4.78 is 0. The minimum atomic E-state index is 0.951. The van der Waals surface area contributed by atoms with E-state index in [9.17, 15) is 0 Å². The molecule has 1 rings (SSSR count). The van der Waals surface area contributed by atoms with Gasteiger partial charge in [-0.2, -0.15) is 10.5 Å². The van der Waals surface area contributed by atoms with Gasteiger partial charge in [0.2, 0.25) is 0 Å². The predicted molar refractivity (Wildman–Crippen MR) is 120 cm³/mol. The fraction of sp³-hybridized carbons (Fsp3) is 0.913. The highest BCUT2D eigenvalue weighted by Gasteiger charge is 2.17. The summed E-state index contributed by atoms with van der Waals surface area (Å²) in [6, 6.07) is 0. The fourth-order valence-electron chi connectivity index (χ4n) is 3.76. The summed E-state index contributed by atoms with van der Waals surface area (Å²) in [5, 5.41) is 14.2. The maximum Gasteiger partial charge on any atom is 0.173 e. The largest absolute Gasteiger partial charge is 0.337 e. The van der Waals surface area contributed by atoms with Gasteiger partial charge in [-0.05, 0) is 31.8 Å². The third-order valence-electron chi connectivity index (χ3n) is 5.34. The highest BCUT2D eigenvalue weighted by Crippen LogP contribution is 2.16. The standard InChI is InChI=1S/C21H43N.2CH2N2/c1-3-4-5-6-7-8-9-10-11-12-13-14-15-16-18-22-19-17-21(2)20-22;2*2-1-3/h21H,3-20H2,1-2H3;2*2H2. The minimum absolute atomic E-state index is 0.951. The lowest BCUT2D eigenvalue weighted by Gasteiger charge is -2.14. The Kier molecular flexibility index (Phi) is 26.2. The molecule has 5 nitrogen and oxygen atoms in total. The molecule has 0 amide bonds. The van der Waals surface area contributed by atoms with Crippen molar-refractivity contribution in [1.29, 1.82) is 10.5 Å². The lowest BCUT2D eigenvalue weighted by molar-refractivity contribution is 0.317. The third-order valence-corrected chi connectivity index (χ3v) is 5.34. The molecule has 1 fully saturated rings. The first kappa shape index (κ1) is 28.7. The van der Waals surface area contributed by atoms with Crippen LogP contribution in [0.25, 0.3) is 0 Å². The van der Waals surface area contributed by atoms with Gasteiger partial charge in [0.25, 0.3) is 0 Å². The molecule has 1 unspecified atom stereocenters. The van der Waals surface area contributed by atoms with Crippen molar-refractivity contribution in [2.24, 2.45) is 17.4 Å². The Bertz CT molecular complexity index is 360. The Balaban J connectivity index is 0. The predicted octanol–water partition coefficient (Wildman–Crippen LogP) is 5.66. The van der Waals surface area contributed by atoms with E-state index < -0.39 is 0 Å². The molecule has 1 saturated heterocycles.